The molecule has 0 atom stereocenters. The number of thiophene rings is 1. The van der Waals surface area contributed by atoms with Crippen molar-refractivity contribution in [2.75, 3.05) is 5.73 Å². The van der Waals surface area contributed by atoms with E-state index in [2.05, 4.69) is 5.32 Å². The summed E-state index contributed by atoms with van der Waals surface area (Å²) in [6, 6.07) is 6.40. The average Bonchev–Trinajstić information content (AvgIpc) is 2.82. The maximum Gasteiger partial charge on any atom is 0.251 e. The molecule has 0 spiro atoms. The molecule has 0 unspecified atom stereocenters. The molecule has 0 fully saturated rings. The topological polar surface area (TPSA) is 75.4 Å². The molecule has 17 heavy (non-hydrogen) atoms. The zero-order valence-corrected chi connectivity index (χ0v) is 9.83. The van der Waals surface area contributed by atoms with Crippen LogP contribution in [-0.2, 0) is 6.54 Å². The molecular formula is C12H12N2O2S. The van der Waals surface area contributed by atoms with E-state index < -0.39 is 0 Å². The van der Waals surface area contributed by atoms with Crippen LogP contribution in [0.15, 0.2) is 35.0 Å². The Morgan fingerprint density at radius 2 is 2.24 bits per heavy atom. The van der Waals surface area contributed by atoms with Crippen molar-refractivity contribution in [2.24, 2.45) is 0 Å². The van der Waals surface area contributed by atoms with Crippen LogP contribution in [0.2, 0.25) is 0 Å². The Labute approximate surface area is 103 Å². The van der Waals surface area contributed by atoms with Crippen molar-refractivity contribution in [2.45, 2.75) is 6.54 Å². The van der Waals surface area contributed by atoms with E-state index in [1.807, 2.05) is 16.8 Å². The molecule has 0 aliphatic rings. The lowest BCUT2D eigenvalue weighted by molar-refractivity contribution is 0.0950. The molecule has 1 amide bonds. The van der Waals surface area contributed by atoms with Crippen LogP contribution in [0.4, 0.5) is 5.69 Å². The fourth-order valence-corrected chi connectivity index (χ4v) is 2.03. The molecule has 2 rings (SSSR count). The first-order valence-electron chi connectivity index (χ1n) is 5.04. The number of phenolic OH excluding ortho intramolecular Hbond substituents is 1. The highest BCUT2D eigenvalue weighted by Gasteiger charge is 2.07. The van der Waals surface area contributed by atoms with Crippen molar-refractivity contribution >= 4 is 22.9 Å². The van der Waals surface area contributed by atoms with Gasteiger partial charge in [-0.05, 0) is 40.6 Å². The van der Waals surface area contributed by atoms with Gasteiger partial charge in [-0.25, -0.2) is 0 Å². The molecule has 0 aliphatic carbocycles. The summed E-state index contributed by atoms with van der Waals surface area (Å²) < 4.78 is 0. The van der Waals surface area contributed by atoms with Gasteiger partial charge in [0.1, 0.15) is 5.75 Å². The summed E-state index contributed by atoms with van der Waals surface area (Å²) >= 11 is 1.58. The highest BCUT2D eigenvalue weighted by Crippen LogP contribution is 2.20. The van der Waals surface area contributed by atoms with Gasteiger partial charge >= 0.3 is 0 Å². The number of amides is 1. The maximum atomic E-state index is 11.7. The van der Waals surface area contributed by atoms with E-state index in [0.717, 1.165) is 5.56 Å². The number of carbonyl (C=O) groups excluding carboxylic acids is 1. The summed E-state index contributed by atoms with van der Waals surface area (Å²) in [6.07, 6.45) is 0. The van der Waals surface area contributed by atoms with E-state index in [4.69, 9.17) is 5.73 Å². The lowest BCUT2D eigenvalue weighted by Crippen LogP contribution is -2.22. The van der Waals surface area contributed by atoms with Gasteiger partial charge < -0.3 is 16.2 Å². The van der Waals surface area contributed by atoms with E-state index in [9.17, 15) is 9.90 Å². The number of aromatic hydroxyl groups is 1. The standard InChI is InChI=1S/C12H12N2O2S/c13-10-2-1-9(5-11(10)15)12(16)14-6-8-3-4-17-7-8/h1-5,7,15H,6,13H2,(H,14,16). The Balaban J connectivity index is 2.02. The Morgan fingerprint density at radius 3 is 2.88 bits per heavy atom. The Bertz CT molecular complexity index is 523. The minimum absolute atomic E-state index is 0.0758. The SMILES string of the molecule is Nc1ccc(C(=O)NCc2ccsc2)cc1O. The maximum absolute atomic E-state index is 11.7. The zero-order valence-electron chi connectivity index (χ0n) is 9.01. The summed E-state index contributed by atoms with van der Waals surface area (Å²) in [5.74, 6) is -0.306. The molecule has 5 heteroatoms. The number of hydrogen-bond acceptors (Lipinski definition) is 4. The Kier molecular flexibility index (Phi) is 3.30. The zero-order chi connectivity index (χ0) is 12.3. The van der Waals surface area contributed by atoms with Crippen LogP contribution in [0.5, 0.6) is 5.75 Å². The van der Waals surface area contributed by atoms with Crippen molar-refractivity contribution in [1.29, 1.82) is 0 Å². The van der Waals surface area contributed by atoms with E-state index in [0.29, 0.717) is 12.1 Å². The molecule has 1 heterocycles. The van der Waals surface area contributed by atoms with Gasteiger partial charge in [-0.2, -0.15) is 11.3 Å². The number of rotatable bonds is 3. The Morgan fingerprint density at radius 1 is 1.41 bits per heavy atom. The second-order valence-electron chi connectivity index (χ2n) is 3.59. The smallest absolute Gasteiger partial charge is 0.251 e. The van der Waals surface area contributed by atoms with Gasteiger partial charge in [0.15, 0.2) is 0 Å². The summed E-state index contributed by atoms with van der Waals surface area (Å²) in [5.41, 5.74) is 7.18. The van der Waals surface area contributed by atoms with Gasteiger partial charge in [-0.1, -0.05) is 0 Å². The molecule has 2 aromatic rings. The highest BCUT2D eigenvalue weighted by molar-refractivity contribution is 7.07. The number of nitrogens with one attached hydrogen (secondary N) is 1. The number of hydrogen-bond donors (Lipinski definition) is 3. The molecule has 0 radical (unpaired) electrons. The largest absolute Gasteiger partial charge is 0.506 e. The lowest BCUT2D eigenvalue weighted by atomic mass is 10.1. The first-order valence-corrected chi connectivity index (χ1v) is 5.99. The van der Waals surface area contributed by atoms with Crippen LogP contribution >= 0.6 is 11.3 Å². The molecule has 0 saturated carbocycles. The number of anilines is 1. The number of carbonyl (C=O) groups is 1. The second-order valence-corrected chi connectivity index (χ2v) is 4.37. The molecule has 4 nitrogen and oxygen atoms in total. The van der Waals surface area contributed by atoms with Crippen molar-refractivity contribution in [1.82, 2.24) is 5.32 Å². The molecule has 0 saturated heterocycles. The Hall–Kier alpha value is -2.01. The summed E-state index contributed by atoms with van der Waals surface area (Å²) in [7, 11) is 0. The lowest BCUT2D eigenvalue weighted by Gasteiger charge is -2.05. The van der Waals surface area contributed by atoms with Crippen LogP contribution < -0.4 is 11.1 Å². The van der Waals surface area contributed by atoms with Crippen molar-refractivity contribution in [3.63, 3.8) is 0 Å². The van der Waals surface area contributed by atoms with E-state index >= 15 is 0 Å². The molecule has 0 aliphatic heterocycles. The highest BCUT2D eigenvalue weighted by atomic mass is 32.1. The molecule has 1 aromatic carbocycles. The minimum Gasteiger partial charge on any atom is -0.506 e. The van der Waals surface area contributed by atoms with Crippen LogP contribution in [-0.4, -0.2) is 11.0 Å². The van der Waals surface area contributed by atoms with Crippen LogP contribution in [0.3, 0.4) is 0 Å². The molecule has 1 aromatic heterocycles. The number of nitrogens with two attached hydrogens (primary N) is 1. The monoisotopic (exact) mass is 248 g/mol. The van der Waals surface area contributed by atoms with Gasteiger partial charge in [-0.3, -0.25) is 4.79 Å². The number of nitrogen functional groups attached to an aromatic ring is 1. The predicted octanol–water partition coefficient (Wildman–Crippen LogP) is 1.97. The number of benzene rings is 1. The first-order chi connectivity index (χ1) is 8.16. The normalized spacial score (nSPS) is 10.1. The number of phenols is 1. The van der Waals surface area contributed by atoms with E-state index in [1.165, 1.54) is 12.1 Å². The van der Waals surface area contributed by atoms with Gasteiger partial charge in [-0.15, -0.1) is 0 Å². The van der Waals surface area contributed by atoms with Crippen LogP contribution in [0, 0.1) is 0 Å². The van der Waals surface area contributed by atoms with Gasteiger partial charge in [0, 0.05) is 12.1 Å². The fourth-order valence-electron chi connectivity index (χ4n) is 1.36. The summed E-state index contributed by atoms with van der Waals surface area (Å²) in [5, 5.41) is 16.1. The predicted molar refractivity (Wildman–Crippen MR) is 68.0 cm³/mol. The fraction of sp³-hybridized carbons (Fsp3) is 0.0833. The van der Waals surface area contributed by atoms with Crippen LogP contribution in [0.1, 0.15) is 15.9 Å². The van der Waals surface area contributed by atoms with Crippen molar-refractivity contribution in [3.05, 3.63) is 46.2 Å². The third kappa shape index (κ3) is 2.76. The third-order valence-electron chi connectivity index (χ3n) is 2.33. The molecule has 4 N–H and O–H groups in total. The summed E-state index contributed by atoms with van der Waals surface area (Å²) in [4.78, 5) is 11.7. The van der Waals surface area contributed by atoms with Crippen LogP contribution in [0.25, 0.3) is 0 Å². The summed E-state index contributed by atoms with van der Waals surface area (Å²) in [6.45, 7) is 0.480. The molecular weight excluding hydrogens is 236 g/mol. The van der Waals surface area contributed by atoms with Gasteiger partial charge in [0.2, 0.25) is 0 Å². The second kappa shape index (κ2) is 4.88. The van der Waals surface area contributed by atoms with Crippen molar-refractivity contribution < 1.29 is 9.90 Å². The first kappa shape index (κ1) is 11.5. The average molecular weight is 248 g/mol. The van der Waals surface area contributed by atoms with Gasteiger partial charge in [0.25, 0.3) is 5.91 Å². The van der Waals surface area contributed by atoms with Crippen molar-refractivity contribution in [3.8, 4) is 5.75 Å². The van der Waals surface area contributed by atoms with E-state index in [-0.39, 0.29) is 17.3 Å². The molecule has 88 valence electrons. The quantitative estimate of drug-likeness (QED) is 0.574. The van der Waals surface area contributed by atoms with Gasteiger partial charge in [0.05, 0.1) is 5.69 Å². The molecule has 0 bridgehead atoms. The van der Waals surface area contributed by atoms with E-state index in [1.54, 1.807) is 17.4 Å². The minimum atomic E-state index is -0.230. The third-order valence-corrected chi connectivity index (χ3v) is 3.06.